The first-order valence-corrected chi connectivity index (χ1v) is 5.94. The maximum Gasteiger partial charge on any atom is 0.126 e. The lowest BCUT2D eigenvalue weighted by Crippen LogP contribution is -2.03. The van der Waals surface area contributed by atoms with Crippen molar-refractivity contribution < 1.29 is 9.50 Å². The molecule has 0 spiro atoms. The van der Waals surface area contributed by atoms with Gasteiger partial charge in [-0.25, -0.2) is 8.91 Å². The van der Waals surface area contributed by atoms with Crippen molar-refractivity contribution >= 4 is 5.52 Å². The molecule has 1 N–H and O–H groups in total. The van der Waals surface area contributed by atoms with E-state index in [4.69, 9.17) is 0 Å². The summed E-state index contributed by atoms with van der Waals surface area (Å²) in [5.41, 5.74) is 1.86. The zero-order valence-electron chi connectivity index (χ0n) is 10.1. The molecule has 3 rings (SSSR count). The van der Waals surface area contributed by atoms with Gasteiger partial charge in [0.15, 0.2) is 0 Å². The van der Waals surface area contributed by atoms with Crippen LogP contribution in [-0.2, 0) is 6.42 Å². The molecule has 0 aliphatic carbocycles. The van der Waals surface area contributed by atoms with Gasteiger partial charge in [0.05, 0.1) is 24.0 Å². The minimum atomic E-state index is -0.807. The molecule has 0 bridgehead atoms. The summed E-state index contributed by atoms with van der Waals surface area (Å²) in [5.74, 6) is -0.309. The summed E-state index contributed by atoms with van der Waals surface area (Å²) >= 11 is 0. The van der Waals surface area contributed by atoms with Gasteiger partial charge in [-0.3, -0.25) is 4.98 Å². The minimum absolute atomic E-state index is 0.211. The molecule has 0 fully saturated rings. The van der Waals surface area contributed by atoms with Crippen LogP contribution in [0.3, 0.4) is 0 Å². The van der Waals surface area contributed by atoms with E-state index in [0.29, 0.717) is 11.1 Å². The molecule has 96 valence electrons. The first kappa shape index (κ1) is 11.8. The van der Waals surface area contributed by atoms with Crippen LogP contribution >= 0.6 is 0 Å². The van der Waals surface area contributed by atoms with Crippen LogP contribution in [0.5, 0.6) is 0 Å². The standard InChI is InChI=1S/C14H12FN3O/c15-12-4-2-1-3-10(12)7-14(19)11-8-17-18-6-5-16-9-13(11)18/h1-6,8-9,14,19H,7H2. The van der Waals surface area contributed by atoms with Crippen LogP contribution in [0.25, 0.3) is 5.52 Å². The molecule has 0 amide bonds. The Hall–Kier alpha value is -2.27. The summed E-state index contributed by atoms with van der Waals surface area (Å²) in [4.78, 5) is 4.01. The maximum absolute atomic E-state index is 13.6. The monoisotopic (exact) mass is 257 g/mol. The summed E-state index contributed by atoms with van der Waals surface area (Å²) in [7, 11) is 0. The van der Waals surface area contributed by atoms with Crippen molar-refractivity contribution in [3.05, 3.63) is 66.0 Å². The molecule has 4 nitrogen and oxygen atoms in total. The van der Waals surface area contributed by atoms with Gasteiger partial charge in [0.2, 0.25) is 0 Å². The van der Waals surface area contributed by atoms with Gasteiger partial charge in [-0.15, -0.1) is 0 Å². The van der Waals surface area contributed by atoms with Crippen LogP contribution in [0.15, 0.2) is 49.1 Å². The Morgan fingerprint density at radius 3 is 2.95 bits per heavy atom. The fourth-order valence-electron chi connectivity index (χ4n) is 2.09. The number of hydrogen-bond donors (Lipinski definition) is 1. The van der Waals surface area contributed by atoms with Crippen LogP contribution in [0.4, 0.5) is 4.39 Å². The molecule has 0 aliphatic heterocycles. The largest absolute Gasteiger partial charge is 0.388 e. The van der Waals surface area contributed by atoms with E-state index in [1.165, 1.54) is 6.07 Å². The molecular weight excluding hydrogens is 245 g/mol. The highest BCUT2D eigenvalue weighted by Gasteiger charge is 2.15. The van der Waals surface area contributed by atoms with E-state index in [9.17, 15) is 9.50 Å². The molecule has 1 aromatic carbocycles. The first-order valence-electron chi connectivity index (χ1n) is 5.94. The molecule has 0 aliphatic rings. The second kappa shape index (κ2) is 4.78. The predicted octanol–water partition coefficient (Wildman–Crippen LogP) is 2.14. The van der Waals surface area contributed by atoms with Gasteiger partial charge in [0, 0.05) is 24.4 Å². The lowest BCUT2D eigenvalue weighted by molar-refractivity contribution is 0.178. The predicted molar refractivity (Wildman–Crippen MR) is 68.1 cm³/mol. The number of aliphatic hydroxyl groups is 1. The first-order chi connectivity index (χ1) is 9.25. The lowest BCUT2D eigenvalue weighted by Gasteiger charge is -2.10. The summed E-state index contributed by atoms with van der Waals surface area (Å²) in [6, 6.07) is 6.44. The molecule has 19 heavy (non-hydrogen) atoms. The van der Waals surface area contributed by atoms with Gasteiger partial charge in [-0.05, 0) is 11.6 Å². The number of nitrogens with zero attached hydrogens (tertiary/aromatic N) is 3. The number of hydrogen-bond acceptors (Lipinski definition) is 3. The number of aliphatic hydroxyl groups excluding tert-OH is 1. The van der Waals surface area contributed by atoms with E-state index in [0.717, 1.165) is 5.52 Å². The van der Waals surface area contributed by atoms with E-state index < -0.39 is 6.10 Å². The van der Waals surface area contributed by atoms with E-state index in [-0.39, 0.29) is 12.2 Å². The van der Waals surface area contributed by atoms with Crippen LogP contribution in [0.2, 0.25) is 0 Å². The van der Waals surface area contributed by atoms with Crippen molar-refractivity contribution in [3.63, 3.8) is 0 Å². The van der Waals surface area contributed by atoms with Gasteiger partial charge in [-0.2, -0.15) is 5.10 Å². The van der Waals surface area contributed by atoms with Crippen molar-refractivity contribution in [2.45, 2.75) is 12.5 Å². The molecule has 1 unspecified atom stereocenters. The molecule has 5 heteroatoms. The fourth-order valence-corrected chi connectivity index (χ4v) is 2.09. The quantitative estimate of drug-likeness (QED) is 0.782. The Bertz CT molecular complexity index is 710. The number of halogens is 1. The molecule has 0 saturated heterocycles. The van der Waals surface area contributed by atoms with E-state index in [1.807, 2.05) is 0 Å². The average Bonchev–Trinajstić information content (AvgIpc) is 2.85. The summed E-state index contributed by atoms with van der Waals surface area (Å²) < 4.78 is 15.2. The number of aromatic nitrogens is 3. The smallest absolute Gasteiger partial charge is 0.126 e. The van der Waals surface area contributed by atoms with Gasteiger partial charge >= 0.3 is 0 Å². The molecular formula is C14H12FN3O. The molecule has 3 aromatic rings. The van der Waals surface area contributed by atoms with Crippen LogP contribution < -0.4 is 0 Å². The summed E-state index contributed by atoms with van der Waals surface area (Å²) in [5, 5.41) is 14.4. The van der Waals surface area contributed by atoms with Crippen LogP contribution in [-0.4, -0.2) is 19.7 Å². The highest BCUT2D eigenvalue weighted by molar-refractivity contribution is 5.52. The van der Waals surface area contributed by atoms with E-state index in [1.54, 1.807) is 47.5 Å². The SMILES string of the molecule is OC(Cc1ccccc1F)c1cnn2ccncc12. The van der Waals surface area contributed by atoms with Gasteiger partial charge in [0.25, 0.3) is 0 Å². The molecule has 2 heterocycles. The molecule has 1 atom stereocenters. The zero-order valence-corrected chi connectivity index (χ0v) is 10.1. The molecule has 0 radical (unpaired) electrons. The third kappa shape index (κ3) is 2.20. The maximum atomic E-state index is 13.6. The molecule has 0 saturated carbocycles. The summed E-state index contributed by atoms with van der Waals surface area (Å²) in [6.45, 7) is 0. The Labute approximate surface area is 109 Å². The van der Waals surface area contributed by atoms with Crippen LogP contribution in [0.1, 0.15) is 17.2 Å². The number of benzene rings is 1. The van der Waals surface area contributed by atoms with Gasteiger partial charge in [-0.1, -0.05) is 18.2 Å². The van der Waals surface area contributed by atoms with E-state index in [2.05, 4.69) is 10.1 Å². The van der Waals surface area contributed by atoms with Crippen molar-refractivity contribution in [1.82, 2.24) is 14.6 Å². The highest BCUT2D eigenvalue weighted by Crippen LogP contribution is 2.23. The Kier molecular flexibility index (Phi) is 2.97. The fraction of sp³-hybridized carbons (Fsp3) is 0.143. The Balaban J connectivity index is 1.92. The Morgan fingerprint density at radius 2 is 2.11 bits per heavy atom. The third-order valence-electron chi connectivity index (χ3n) is 3.08. The number of fused-ring (bicyclic) bond motifs is 1. The normalized spacial score (nSPS) is 12.7. The number of rotatable bonds is 3. The van der Waals surface area contributed by atoms with Crippen molar-refractivity contribution in [1.29, 1.82) is 0 Å². The average molecular weight is 257 g/mol. The van der Waals surface area contributed by atoms with Crippen LogP contribution in [0, 0.1) is 5.82 Å². The minimum Gasteiger partial charge on any atom is -0.388 e. The van der Waals surface area contributed by atoms with Gasteiger partial charge < -0.3 is 5.11 Å². The summed E-state index contributed by atoms with van der Waals surface area (Å²) in [6.07, 6.45) is 5.94. The second-order valence-electron chi connectivity index (χ2n) is 4.32. The van der Waals surface area contributed by atoms with Crippen molar-refractivity contribution in [2.24, 2.45) is 0 Å². The van der Waals surface area contributed by atoms with Crippen molar-refractivity contribution in [2.75, 3.05) is 0 Å². The second-order valence-corrected chi connectivity index (χ2v) is 4.32. The highest BCUT2D eigenvalue weighted by atomic mass is 19.1. The third-order valence-corrected chi connectivity index (χ3v) is 3.08. The topological polar surface area (TPSA) is 50.4 Å². The van der Waals surface area contributed by atoms with E-state index >= 15 is 0 Å². The zero-order chi connectivity index (χ0) is 13.2. The Morgan fingerprint density at radius 1 is 1.26 bits per heavy atom. The lowest BCUT2D eigenvalue weighted by atomic mass is 10.0. The van der Waals surface area contributed by atoms with Crippen molar-refractivity contribution in [3.8, 4) is 0 Å². The van der Waals surface area contributed by atoms with Gasteiger partial charge in [0.1, 0.15) is 5.82 Å². The molecule has 2 aromatic heterocycles.